The molecule has 0 N–H and O–H groups in total. The summed E-state index contributed by atoms with van der Waals surface area (Å²) in [6.45, 7) is 13.6. The summed E-state index contributed by atoms with van der Waals surface area (Å²) in [4.78, 5) is 0. The van der Waals surface area contributed by atoms with Gasteiger partial charge in [-0.2, -0.15) is 0 Å². The Balaban J connectivity index is 2.23. The van der Waals surface area contributed by atoms with Gasteiger partial charge in [0.2, 0.25) is 0 Å². The van der Waals surface area contributed by atoms with Gasteiger partial charge in [0.15, 0.2) is 0 Å². The van der Waals surface area contributed by atoms with Crippen molar-refractivity contribution in [2.24, 2.45) is 17.3 Å². The lowest BCUT2D eigenvalue weighted by Crippen LogP contribution is -2.20. The molecule has 1 saturated heterocycles. The highest BCUT2D eigenvalue weighted by Crippen LogP contribution is 2.67. The summed E-state index contributed by atoms with van der Waals surface area (Å²) >= 11 is 0. The van der Waals surface area contributed by atoms with E-state index in [1.165, 1.54) is 0 Å². The second kappa shape index (κ2) is 3.85. The Labute approximate surface area is 101 Å². The van der Waals surface area contributed by atoms with Crippen molar-refractivity contribution in [2.45, 2.75) is 33.5 Å². The topological polar surface area (TPSA) is 9.23 Å². The summed E-state index contributed by atoms with van der Waals surface area (Å²) in [5, 5.41) is 0. The zero-order chi connectivity index (χ0) is 12.0. The van der Waals surface area contributed by atoms with Crippen LogP contribution >= 0.6 is 0 Å². The van der Waals surface area contributed by atoms with Gasteiger partial charge in [0.25, 0.3) is 0 Å². The molecule has 1 heterocycles. The highest BCUT2D eigenvalue weighted by Gasteiger charge is 2.67. The summed E-state index contributed by atoms with van der Waals surface area (Å²) in [5.41, 5.74) is 4.54. The Morgan fingerprint density at radius 1 is 1.38 bits per heavy atom. The van der Waals surface area contributed by atoms with Crippen LogP contribution in [-0.4, -0.2) is 21.3 Å². The van der Waals surface area contributed by atoms with Gasteiger partial charge in [-0.25, -0.2) is 0 Å². The molecule has 0 aromatic carbocycles. The number of rotatable bonds is 3. The summed E-state index contributed by atoms with van der Waals surface area (Å²) < 4.78 is 5.66. The van der Waals surface area contributed by atoms with Gasteiger partial charge in [-0.1, -0.05) is 43.1 Å². The van der Waals surface area contributed by atoms with Crippen molar-refractivity contribution in [2.75, 3.05) is 13.2 Å². The van der Waals surface area contributed by atoms with Crippen LogP contribution < -0.4 is 0 Å². The minimum absolute atomic E-state index is 0.382. The fraction of sp³-hybridized carbons (Fsp3) is 0.714. The minimum Gasteiger partial charge on any atom is -0.380 e. The summed E-state index contributed by atoms with van der Waals surface area (Å²) in [6.07, 6.45) is 4.58. The normalized spacial score (nSPS) is 39.2. The zero-order valence-electron chi connectivity index (χ0n) is 11.2. The van der Waals surface area contributed by atoms with Gasteiger partial charge in [0.05, 0.1) is 21.3 Å². The number of ether oxygens (including phenoxy) is 1. The summed E-state index contributed by atoms with van der Waals surface area (Å²) in [7, 11) is -1.10. The Morgan fingerprint density at radius 3 is 2.62 bits per heavy atom. The molecule has 1 nitrogen and oxygen atoms in total. The van der Waals surface area contributed by atoms with Crippen LogP contribution in [0.1, 0.15) is 13.8 Å². The zero-order valence-corrected chi connectivity index (χ0v) is 12.2. The van der Waals surface area contributed by atoms with Gasteiger partial charge in [0, 0.05) is 11.3 Å². The summed E-state index contributed by atoms with van der Waals surface area (Å²) in [5.74, 6) is 1.51. The molecular weight excluding hydrogens is 212 g/mol. The third-order valence-electron chi connectivity index (χ3n) is 4.00. The molecule has 0 aromatic rings. The van der Waals surface area contributed by atoms with E-state index in [1.54, 1.807) is 5.57 Å². The third kappa shape index (κ3) is 1.82. The third-order valence-corrected chi connectivity index (χ3v) is 5.30. The van der Waals surface area contributed by atoms with E-state index in [-0.39, 0.29) is 0 Å². The van der Waals surface area contributed by atoms with Crippen LogP contribution in [0.2, 0.25) is 19.6 Å². The predicted octanol–water partition coefficient (Wildman–Crippen LogP) is 3.65. The standard InChI is InChI=1S/C14H24OSi/c1-6-7-12-13-8-15-10-14(12,13)11(2)9-16(3,4)5/h6-7,9,12-13H,8,10H2,1-5H3/b7-6-,11-9+/t12-,13-,14-/m1/s1. The number of fused-ring (bicyclic) bond motifs is 1. The van der Waals surface area contributed by atoms with Crippen molar-refractivity contribution in [1.82, 2.24) is 0 Å². The lowest BCUT2D eigenvalue weighted by molar-refractivity contribution is 0.144. The van der Waals surface area contributed by atoms with Gasteiger partial charge >= 0.3 is 0 Å². The van der Waals surface area contributed by atoms with E-state index in [9.17, 15) is 0 Å². The molecular formula is C14H24OSi. The van der Waals surface area contributed by atoms with E-state index in [0.717, 1.165) is 25.0 Å². The van der Waals surface area contributed by atoms with Gasteiger partial charge < -0.3 is 4.74 Å². The Kier molecular flexibility index (Phi) is 2.91. The molecule has 2 aliphatic rings. The van der Waals surface area contributed by atoms with Crippen molar-refractivity contribution in [3.63, 3.8) is 0 Å². The van der Waals surface area contributed by atoms with Crippen LogP contribution in [-0.2, 0) is 4.74 Å². The summed E-state index contributed by atoms with van der Waals surface area (Å²) in [6, 6.07) is 0. The van der Waals surface area contributed by atoms with E-state index in [2.05, 4.69) is 51.3 Å². The van der Waals surface area contributed by atoms with Crippen LogP contribution in [0.15, 0.2) is 23.4 Å². The maximum absolute atomic E-state index is 5.66. The van der Waals surface area contributed by atoms with Gasteiger partial charge in [-0.15, -0.1) is 0 Å². The molecule has 0 aromatic heterocycles. The van der Waals surface area contributed by atoms with Gasteiger partial charge in [0.1, 0.15) is 0 Å². The van der Waals surface area contributed by atoms with Crippen LogP contribution in [0.4, 0.5) is 0 Å². The molecule has 2 rings (SSSR count). The van der Waals surface area contributed by atoms with Crippen LogP contribution in [0.5, 0.6) is 0 Å². The molecule has 0 unspecified atom stereocenters. The second-order valence-corrected chi connectivity index (χ2v) is 11.4. The first-order chi connectivity index (χ1) is 7.42. The second-order valence-electron chi connectivity index (χ2n) is 6.41. The molecule has 90 valence electrons. The molecule has 1 saturated carbocycles. The van der Waals surface area contributed by atoms with Crippen molar-refractivity contribution in [3.8, 4) is 0 Å². The first-order valence-electron chi connectivity index (χ1n) is 6.32. The monoisotopic (exact) mass is 236 g/mol. The lowest BCUT2D eigenvalue weighted by Gasteiger charge is -2.19. The molecule has 1 aliphatic carbocycles. The first-order valence-corrected chi connectivity index (χ1v) is 9.90. The molecule has 0 bridgehead atoms. The SMILES string of the molecule is C/C=C\[C@@H]1[C@H]2COC[C@@]12/C(C)=C/[Si](C)(C)C. The molecule has 2 heteroatoms. The predicted molar refractivity (Wildman–Crippen MR) is 72.1 cm³/mol. The Morgan fingerprint density at radius 2 is 2.06 bits per heavy atom. The fourth-order valence-corrected chi connectivity index (χ4v) is 4.90. The van der Waals surface area contributed by atoms with Crippen molar-refractivity contribution < 1.29 is 4.74 Å². The van der Waals surface area contributed by atoms with Crippen molar-refractivity contribution in [1.29, 1.82) is 0 Å². The van der Waals surface area contributed by atoms with E-state index < -0.39 is 8.07 Å². The largest absolute Gasteiger partial charge is 0.380 e. The lowest BCUT2D eigenvalue weighted by atomic mass is 9.96. The van der Waals surface area contributed by atoms with Crippen LogP contribution in [0.25, 0.3) is 0 Å². The molecule has 0 radical (unpaired) electrons. The molecule has 0 amide bonds. The number of hydrogen-bond donors (Lipinski definition) is 0. The van der Waals surface area contributed by atoms with Gasteiger partial charge in [-0.3, -0.25) is 0 Å². The van der Waals surface area contributed by atoms with Crippen molar-refractivity contribution in [3.05, 3.63) is 23.4 Å². The van der Waals surface area contributed by atoms with Crippen molar-refractivity contribution >= 4 is 8.07 Å². The molecule has 1 aliphatic heterocycles. The maximum Gasteiger partial charge on any atom is 0.0686 e. The van der Waals surface area contributed by atoms with E-state index >= 15 is 0 Å². The fourth-order valence-electron chi connectivity index (χ4n) is 3.33. The number of allylic oxidation sites excluding steroid dienone is 2. The minimum atomic E-state index is -1.10. The Bertz CT molecular complexity index is 337. The molecule has 2 fully saturated rings. The number of hydrogen-bond acceptors (Lipinski definition) is 1. The Hall–Kier alpha value is -0.343. The average molecular weight is 236 g/mol. The first kappa shape index (κ1) is 12.1. The smallest absolute Gasteiger partial charge is 0.0686 e. The molecule has 3 atom stereocenters. The van der Waals surface area contributed by atoms with E-state index in [1.807, 2.05) is 0 Å². The highest BCUT2D eigenvalue weighted by atomic mass is 28.3. The van der Waals surface area contributed by atoms with E-state index in [4.69, 9.17) is 4.74 Å². The van der Waals surface area contributed by atoms with Crippen LogP contribution in [0.3, 0.4) is 0 Å². The van der Waals surface area contributed by atoms with Crippen LogP contribution in [0, 0.1) is 17.3 Å². The maximum atomic E-state index is 5.66. The molecule has 16 heavy (non-hydrogen) atoms. The van der Waals surface area contributed by atoms with E-state index in [0.29, 0.717) is 5.41 Å². The van der Waals surface area contributed by atoms with Gasteiger partial charge in [-0.05, 0) is 19.8 Å². The average Bonchev–Trinajstić information content (AvgIpc) is 2.56. The quantitative estimate of drug-likeness (QED) is 0.537. The highest BCUT2D eigenvalue weighted by molar-refractivity contribution is 6.81. The molecule has 0 spiro atoms.